The smallest absolute Gasteiger partial charge is 0.0837 e. The summed E-state index contributed by atoms with van der Waals surface area (Å²) in [7, 11) is 1.66. The summed E-state index contributed by atoms with van der Waals surface area (Å²) in [6.07, 6.45) is 1.63. The maximum Gasteiger partial charge on any atom is 0.0837 e. The largest absolute Gasteiger partial charge is 0.383 e. The Morgan fingerprint density at radius 1 is 1.50 bits per heavy atom. The van der Waals surface area contributed by atoms with Crippen LogP contribution in [0.1, 0.15) is 22.9 Å². The second kappa shape index (κ2) is 6.72. The van der Waals surface area contributed by atoms with E-state index in [1.165, 1.54) is 0 Å². The summed E-state index contributed by atoms with van der Waals surface area (Å²) in [5.74, 6) is 0. The first-order valence-corrected chi connectivity index (χ1v) is 7.43. The van der Waals surface area contributed by atoms with Crippen LogP contribution in [0, 0.1) is 6.92 Å². The van der Waals surface area contributed by atoms with Crippen LogP contribution in [0.4, 0.5) is 0 Å². The molecular weight excluding hydrogens is 342 g/mol. The molecule has 108 valence electrons. The first-order chi connectivity index (χ1) is 9.54. The van der Waals surface area contributed by atoms with Gasteiger partial charge in [-0.1, -0.05) is 33.6 Å². The van der Waals surface area contributed by atoms with Crippen molar-refractivity contribution in [1.29, 1.82) is 0 Å². The van der Waals surface area contributed by atoms with Crippen LogP contribution in [-0.2, 0) is 11.3 Å². The number of aryl methyl sites for hydroxylation is 1. The van der Waals surface area contributed by atoms with Crippen LogP contribution >= 0.6 is 27.5 Å². The molecule has 1 atom stereocenters. The second-order valence-corrected chi connectivity index (χ2v) is 5.90. The van der Waals surface area contributed by atoms with E-state index in [0.717, 1.165) is 21.3 Å². The van der Waals surface area contributed by atoms with Crippen molar-refractivity contribution in [1.82, 2.24) is 9.78 Å². The highest BCUT2D eigenvalue weighted by Crippen LogP contribution is 2.29. The zero-order valence-corrected chi connectivity index (χ0v) is 13.8. The minimum Gasteiger partial charge on any atom is -0.383 e. The van der Waals surface area contributed by atoms with Crippen molar-refractivity contribution in [2.24, 2.45) is 5.73 Å². The molecule has 2 aromatic rings. The minimum absolute atomic E-state index is 0.310. The van der Waals surface area contributed by atoms with Gasteiger partial charge < -0.3 is 10.5 Å². The van der Waals surface area contributed by atoms with Crippen molar-refractivity contribution in [3.8, 4) is 0 Å². The van der Waals surface area contributed by atoms with E-state index in [0.29, 0.717) is 18.2 Å². The summed E-state index contributed by atoms with van der Waals surface area (Å²) in [5, 5.41) is 4.84. The van der Waals surface area contributed by atoms with E-state index >= 15 is 0 Å². The van der Waals surface area contributed by atoms with Gasteiger partial charge in [-0.15, -0.1) is 0 Å². The zero-order chi connectivity index (χ0) is 14.7. The molecule has 0 saturated carbocycles. The van der Waals surface area contributed by atoms with Crippen LogP contribution in [-0.4, -0.2) is 23.5 Å². The Morgan fingerprint density at radius 2 is 2.25 bits per heavy atom. The number of rotatable bonds is 5. The highest BCUT2D eigenvalue weighted by Gasteiger charge is 2.20. The van der Waals surface area contributed by atoms with Gasteiger partial charge in [0.2, 0.25) is 0 Å². The maximum atomic E-state index is 6.38. The molecule has 1 heterocycles. The Balaban J connectivity index is 2.37. The third-order valence-corrected chi connectivity index (χ3v) is 3.99. The predicted octanol–water partition coefficient (Wildman–Crippen LogP) is 3.30. The monoisotopic (exact) mass is 357 g/mol. The van der Waals surface area contributed by atoms with E-state index in [-0.39, 0.29) is 6.04 Å². The Morgan fingerprint density at radius 3 is 2.90 bits per heavy atom. The molecule has 0 radical (unpaired) electrons. The normalized spacial score (nSPS) is 12.7. The Bertz CT molecular complexity index is 600. The van der Waals surface area contributed by atoms with Gasteiger partial charge in [-0.25, -0.2) is 0 Å². The average Bonchev–Trinajstić information content (AvgIpc) is 2.77. The summed E-state index contributed by atoms with van der Waals surface area (Å²) >= 11 is 9.70. The summed E-state index contributed by atoms with van der Waals surface area (Å²) in [6, 6.07) is 5.72. The lowest BCUT2D eigenvalue weighted by molar-refractivity contribution is 0.182. The van der Waals surface area contributed by atoms with E-state index in [1.54, 1.807) is 18.0 Å². The van der Waals surface area contributed by atoms with Gasteiger partial charge in [-0.3, -0.25) is 4.68 Å². The fourth-order valence-corrected chi connectivity index (χ4v) is 2.91. The quantitative estimate of drug-likeness (QED) is 0.892. The standard InChI is InChI=1S/C14H17BrClN3O/c1-9-7-10(15)3-4-11(9)13(17)14-12(16)8-18-19(14)5-6-20-2/h3-4,7-8,13H,5-6,17H2,1-2H3. The van der Waals surface area contributed by atoms with E-state index in [9.17, 15) is 0 Å². The molecule has 0 bridgehead atoms. The van der Waals surface area contributed by atoms with Crippen LogP contribution in [0.2, 0.25) is 5.02 Å². The molecule has 4 nitrogen and oxygen atoms in total. The molecule has 1 unspecified atom stereocenters. The first-order valence-electron chi connectivity index (χ1n) is 6.26. The molecule has 0 aliphatic heterocycles. The fourth-order valence-electron chi connectivity index (χ4n) is 2.17. The summed E-state index contributed by atoms with van der Waals surface area (Å²) in [6.45, 7) is 3.22. The van der Waals surface area contributed by atoms with E-state index < -0.39 is 0 Å². The first kappa shape index (κ1) is 15.5. The molecule has 2 N–H and O–H groups in total. The van der Waals surface area contributed by atoms with Gasteiger partial charge in [-0.2, -0.15) is 5.10 Å². The molecule has 2 rings (SSSR count). The van der Waals surface area contributed by atoms with Crippen molar-refractivity contribution >= 4 is 27.5 Å². The number of hydrogen-bond acceptors (Lipinski definition) is 3. The van der Waals surface area contributed by atoms with Crippen LogP contribution in [0.3, 0.4) is 0 Å². The number of ether oxygens (including phenoxy) is 1. The van der Waals surface area contributed by atoms with Gasteiger partial charge in [0.25, 0.3) is 0 Å². The number of aromatic nitrogens is 2. The third-order valence-electron chi connectivity index (χ3n) is 3.20. The molecule has 1 aromatic carbocycles. The van der Waals surface area contributed by atoms with E-state index in [4.69, 9.17) is 22.1 Å². The van der Waals surface area contributed by atoms with Crippen LogP contribution in [0.15, 0.2) is 28.9 Å². The summed E-state index contributed by atoms with van der Waals surface area (Å²) in [5.41, 5.74) is 9.35. The molecule has 0 fully saturated rings. The fraction of sp³-hybridized carbons (Fsp3) is 0.357. The van der Waals surface area contributed by atoms with Gasteiger partial charge in [-0.05, 0) is 30.2 Å². The minimum atomic E-state index is -0.310. The van der Waals surface area contributed by atoms with Crippen LogP contribution < -0.4 is 5.73 Å². The van der Waals surface area contributed by atoms with Crippen molar-refractivity contribution in [2.75, 3.05) is 13.7 Å². The Labute approximate surface area is 132 Å². The van der Waals surface area contributed by atoms with E-state index in [1.807, 2.05) is 25.1 Å². The molecule has 0 aliphatic carbocycles. The average molecular weight is 359 g/mol. The highest BCUT2D eigenvalue weighted by molar-refractivity contribution is 9.10. The number of nitrogens with zero attached hydrogens (tertiary/aromatic N) is 2. The highest BCUT2D eigenvalue weighted by atomic mass is 79.9. The third kappa shape index (κ3) is 3.23. The lowest BCUT2D eigenvalue weighted by Gasteiger charge is -2.17. The number of nitrogens with two attached hydrogens (primary N) is 1. The lowest BCUT2D eigenvalue weighted by atomic mass is 9.99. The van der Waals surface area contributed by atoms with Gasteiger partial charge in [0, 0.05) is 11.6 Å². The molecule has 0 amide bonds. The Kier molecular flexibility index (Phi) is 5.21. The zero-order valence-electron chi connectivity index (χ0n) is 11.4. The van der Waals surface area contributed by atoms with Crippen molar-refractivity contribution < 1.29 is 4.74 Å². The van der Waals surface area contributed by atoms with Gasteiger partial charge in [0.15, 0.2) is 0 Å². The molecule has 1 aromatic heterocycles. The lowest BCUT2D eigenvalue weighted by Crippen LogP contribution is -2.20. The molecular formula is C14H17BrClN3O. The number of methoxy groups -OCH3 is 1. The number of halogens is 2. The molecule has 20 heavy (non-hydrogen) atoms. The SMILES string of the molecule is COCCn1ncc(Cl)c1C(N)c1ccc(Br)cc1C. The summed E-state index contributed by atoms with van der Waals surface area (Å²) < 4.78 is 7.92. The number of benzene rings is 1. The van der Waals surface area contributed by atoms with Crippen molar-refractivity contribution in [2.45, 2.75) is 19.5 Å². The van der Waals surface area contributed by atoms with Gasteiger partial charge >= 0.3 is 0 Å². The van der Waals surface area contributed by atoms with Crippen molar-refractivity contribution in [3.63, 3.8) is 0 Å². The topological polar surface area (TPSA) is 53.1 Å². The number of hydrogen-bond donors (Lipinski definition) is 1. The second-order valence-electron chi connectivity index (χ2n) is 4.57. The van der Waals surface area contributed by atoms with Crippen LogP contribution in [0.25, 0.3) is 0 Å². The molecule has 0 spiro atoms. The van der Waals surface area contributed by atoms with Gasteiger partial charge in [0.1, 0.15) is 0 Å². The van der Waals surface area contributed by atoms with Gasteiger partial charge in [0.05, 0.1) is 36.1 Å². The molecule has 6 heteroatoms. The van der Waals surface area contributed by atoms with Crippen LogP contribution in [0.5, 0.6) is 0 Å². The Hall–Kier alpha value is -0.880. The summed E-state index contributed by atoms with van der Waals surface area (Å²) in [4.78, 5) is 0. The predicted molar refractivity (Wildman–Crippen MR) is 84.0 cm³/mol. The molecule has 0 aliphatic rings. The van der Waals surface area contributed by atoms with Crippen molar-refractivity contribution in [3.05, 3.63) is 50.7 Å². The molecule has 0 saturated heterocycles. The van der Waals surface area contributed by atoms with E-state index in [2.05, 4.69) is 21.0 Å². The maximum absolute atomic E-state index is 6.38.